The number of sulfonamides is 1. The maximum absolute atomic E-state index is 14.9. The molecule has 1 atom stereocenters. The van der Waals surface area contributed by atoms with Crippen molar-refractivity contribution in [1.29, 1.82) is 0 Å². The highest BCUT2D eigenvalue weighted by molar-refractivity contribution is 7.92. The number of hydrogen-bond acceptors (Lipinski definition) is 4. The van der Waals surface area contributed by atoms with Crippen LogP contribution in [0.4, 0.5) is 10.1 Å². The fourth-order valence-corrected chi connectivity index (χ4v) is 6.45. The highest BCUT2D eigenvalue weighted by Gasteiger charge is 2.35. The van der Waals surface area contributed by atoms with Gasteiger partial charge in [0, 0.05) is 30.1 Å². The van der Waals surface area contributed by atoms with Gasteiger partial charge in [-0.1, -0.05) is 89.9 Å². The van der Waals surface area contributed by atoms with E-state index in [1.165, 1.54) is 53.4 Å². The van der Waals surface area contributed by atoms with Crippen molar-refractivity contribution in [2.45, 2.75) is 30.8 Å². The lowest BCUT2D eigenvalue weighted by molar-refractivity contribution is -0.140. The molecule has 224 valence electrons. The van der Waals surface area contributed by atoms with Crippen LogP contribution in [0.15, 0.2) is 108 Å². The quantitative estimate of drug-likeness (QED) is 0.202. The molecule has 0 unspecified atom stereocenters. The molecular formula is C32H30Cl2FN3O4S. The number of halogens is 3. The Kier molecular flexibility index (Phi) is 10.8. The molecule has 0 spiro atoms. The fourth-order valence-electron chi connectivity index (χ4n) is 4.57. The van der Waals surface area contributed by atoms with Crippen LogP contribution in [0, 0.1) is 5.82 Å². The first-order chi connectivity index (χ1) is 20.6. The van der Waals surface area contributed by atoms with Gasteiger partial charge in [0.25, 0.3) is 10.0 Å². The van der Waals surface area contributed by atoms with Crippen molar-refractivity contribution in [3.8, 4) is 0 Å². The number of nitrogens with zero attached hydrogens (tertiary/aromatic N) is 2. The first-order valence-corrected chi connectivity index (χ1v) is 15.7. The van der Waals surface area contributed by atoms with Gasteiger partial charge in [-0.15, -0.1) is 0 Å². The highest BCUT2D eigenvalue weighted by Crippen LogP contribution is 2.33. The number of anilines is 1. The van der Waals surface area contributed by atoms with E-state index in [1.54, 1.807) is 31.2 Å². The standard InChI is InChI=1S/C32H30Cl2FN3O4S/c1-2-36-32(40)30(19-23-11-5-3-6-12-23)37(21-24-13-9-10-16-28(24)35)31(39)22-38(29-20-25(33)17-18-27(29)34)43(41,42)26-14-7-4-8-15-26/h3-18,20,30H,2,19,21-22H2,1H3,(H,36,40)/t30-/m0/s1. The van der Waals surface area contributed by atoms with Crippen LogP contribution < -0.4 is 9.62 Å². The van der Waals surface area contributed by atoms with Crippen molar-refractivity contribution in [3.05, 3.63) is 130 Å². The SMILES string of the molecule is CCNC(=O)[C@H](Cc1ccccc1)N(Cc1ccccc1F)C(=O)CN(c1cc(Cl)ccc1Cl)S(=O)(=O)c1ccccc1. The van der Waals surface area contributed by atoms with Crippen molar-refractivity contribution in [3.63, 3.8) is 0 Å². The first kappa shape index (κ1) is 32.0. The molecule has 0 aliphatic rings. The molecule has 4 rings (SSSR count). The largest absolute Gasteiger partial charge is 0.355 e. The van der Waals surface area contributed by atoms with Gasteiger partial charge in [0.1, 0.15) is 18.4 Å². The van der Waals surface area contributed by atoms with Crippen LogP contribution >= 0.6 is 23.2 Å². The Balaban J connectivity index is 1.83. The zero-order valence-electron chi connectivity index (χ0n) is 23.3. The number of nitrogens with one attached hydrogen (secondary N) is 1. The van der Waals surface area contributed by atoms with Crippen LogP contribution in [0.5, 0.6) is 0 Å². The molecular weight excluding hydrogens is 612 g/mol. The smallest absolute Gasteiger partial charge is 0.264 e. The Bertz CT molecular complexity index is 1670. The minimum absolute atomic E-state index is 0.0187. The van der Waals surface area contributed by atoms with Gasteiger partial charge in [-0.25, -0.2) is 12.8 Å². The molecule has 7 nitrogen and oxygen atoms in total. The fraction of sp³-hybridized carbons (Fsp3) is 0.188. The van der Waals surface area contributed by atoms with Gasteiger partial charge < -0.3 is 10.2 Å². The molecule has 1 N–H and O–H groups in total. The molecule has 0 aliphatic heterocycles. The van der Waals surface area contributed by atoms with Crippen LogP contribution in [0.2, 0.25) is 10.0 Å². The molecule has 4 aromatic rings. The van der Waals surface area contributed by atoms with Crippen LogP contribution in [0.25, 0.3) is 0 Å². The number of hydrogen-bond donors (Lipinski definition) is 1. The van der Waals surface area contributed by atoms with E-state index in [9.17, 15) is 22.4 Å². The predicted molar refractivity (Wildman–Crippen MR) is 167 cm³/mol. The molecule has 0 heterocycles. The maximum Gasteiger partial charge on any atom is 0.264 e. The summed E-state index contributed by atoms with van der Waals surface area (Å²) in [5, 5.41) is 3.01. The summed E-state index contributed by atoms with van der Waals surface area (Å²) in [6, 6.07) is 25.8. The summed E-state index contributed by atoms with van der Waals surface area (Å²) in [4.78, 5) is 28.9. The van der Waals surface area contributed by atoms with E-state index in [0.29, 0.717) is 6.54 Å². The van der Waals surface area contributed by atoms with E-state index in [2.05, 4.69) is 5.32 Å². The van der Waals surface area contributed by atoms with Gasteiger partial charge in [0.15, 0.2) is 0 Å². The number of carbonyl (C=O) groups excluding carboxylic acids is 2. The molecule has 0 bridgehead atoms. The molecule has 0 saturated carbocycles. The summed E-state index contributed by atoms with van der Waals surface area (Å²) < 4.78 is 43.7. The second-order valence-electron chi connectivity index (χ2n) is 9.63. The molecule has 0 radical (unpaired) electrons. The second kappa shape index (κ2) is 14.5. The Morgan fingerprint density at radius 1 is 0.884 bits per heavy atom. The molecule has 43 heavy (non-hydrogen) atoms. The summed E-state index contributed by atoms with van der Waals surface area (Å²) in [6.45, 7) is 1.01. The maximum atomic E-state index is 14.9. The number of amides is 2. The zero-order valence-corrected chi connectivity index (χ0v) is 25.6. The summed E-state index contributed by atoms with van der Waals surface area (Å²) >= 11 is 12.7. The lowest BCUT2D eigenvalue weighted by Crippen LogP contribution is -2.53. The number of rotatable bonds is 12. The van der Waals surface area contributed by atoms with Gasteiger partial charge in [-0.2, -0.15) is 0 Å². The van der Waals surface area contributed by atoms with Crippen LogP contribution in [0.3, 0.4) is 0 Å². The van der Waals surface area contributed by atoms with Crippen LogP contribution in [-0.4, -0.2) is 44.3 Å². The molecule has 0 saturated heterocycles. The van der Waals surface area contributed by atoms with Gasteiger partial charge in [-0.05, 0) is 48.9 Å². The minimum atomic E-state index is -4.35. The number of likely N-dealkylation sites (N-methyl/N-ethyl adjacent to an activating group) is 1. The molecule has 0 aliphatic carbocycles. The van der Waals surface area contributed by atoms with Gasteiger partial charge in [0.2, 0.25) is 11.8 Å². The first-order valence-electron chi connectivity index (χ1n) is 13.5. The topological polar surface area (TPSA) is 86.8 Å². The predicted octanol–water partition coefficient (Wildman–Crippen LogP) is 6.10. The number of benzene rings is 4. The Hall–Kier alpha value is -3.92. The van der Waals surface area contributed by atoms with Crippen LogP contribution in [-0.2, 0) is 32.6 Å². The van der Waals surface area contributed by atoms with Gasteiger partial charge in [0.05, 0.1) is 15.6 Å². The molecule has 0 fully saturated rings. The monoisotopic (exact) mass is 641 g/mol. The third kappa shape index (κ3) is 7.93. The Morgan fingerprint density at radius 3 is 2.16 bits per heavy atom. The van der Waals surface area contributed by atoms with E-state index in [-0.39, 0.29) is 39.2 Å². The van der Waals surface area contributed by atoms with Crippen molar-refractivity contribution >= 4 is 50.7 Å². The molecule has 2 amide bonds. The average molecular weight is 643 g/mol. The molecule has 4 aromatic carbocycles. The summed E-state index contributed by atoms with van der Waals surface area (Å²) in [7, 11) is -4.35. The lowest BCUT2D eigenvalue weighted by atomic mass is 10.0. The van der Waals surface area contributed by atoms with Crippen LogP contribution in [0.1, 0.15) is 18.1 Å². The molecule has 11 heteroatoms. The average Bonchev–Trinajstić information content (AvgIpc) is 3.00. The zero-order chi connectivity index (χ0) is 31.0. The second-order valence-corrected chi connectivity index (χ2v) is 12.3. The van der Waals surface area contributed by atoms with Crippen molar-refractivity contribution in [1.82, 2.24) is 10.2 Å². The normalized spacial score (nSPS) is 11.9. The lowest BCUT2D eigenvalue weighted by Gasteiger charge is -2.34. The number of carbonyl (C=O) groups is 2. The van der Waals surface area contributed by atoms with E-state index >= 15 is 0 Å². The summed E-state index contributed by atoms with van der Waals surface area (Å²) in [6.07, 6.45) is 0.107. The van der Waals surface area contributed by atoms with Crippen molar-refractivity contribution < 1.29 is 22.4 Å². The molecule has 0 aromatic heterocycles. The van der Waals surface area contributed by atoms with E-state index in [4.69, 9.17) is 23.2 Å². The Morgan fingerprint density at radius 2 is 1.51 bits per heavy atom. The van der Waals surface area contributed by atoms with E-state index < -0.39 is 40.2 Å². The highest BCUT2D eigenvalue weighted by atomic mass is 35.5. The Labute approximate surface area is 260 Å². The summed E-state index contributed by atoms with van der Waals surface area (Å²) in [5.74, 6) is -1.78. The minimum Gasteiger partial charge on any atom is -0.355 e. The van der Waals surface area contributed by atoms with Crippen molar-refractivity contribution in [2.24, 2.45) is 0 Å². The van der Waals surface area contributed by atoms with E-state index in [1.807, 2.05) is 30.3 Å². The third-order valence-corrected chi connectivity index (χ3v) is 9.04. The summed E-state index contributed by atoms with van der Waals surface area (Å²) in [5.41, 5.74) is 0.906. The van der Waals surface area contributed by atoms with Crippen molar-refractivity contribution in [2.75, 3.05) is 17.4 Å². The van der Waals surface area contributed by atoms with E-state index in [0.717, 1.165) is 9.87 Å². The third-order valence-electron chi connectivity index (χ3n) is 6.71. The van der Waals surface area contributed by atoms with Gasteiger partial charge in [-0.3, -0.25) is 13.9 Å². The van der Waals surface area contributed by atoms with Gasteiger partial charge >= 0.3 is 0 Å².